The van der Waals surface area contributed by atoms with Gasteiger partial charge >= 0.3 is 0 Å². The Hall–Kier alpha value is -2.11. The number of carbonyl (C=O) groups is 2. The molecule has 1 aromatic heterocycles. The molecule has 1 aromatic rings. The number of pyridine rings is 1. The van der Waals surface area contributed by atoms with Gasteiger partial charge < -0.3 is 15.2 Å². The Kier molecular flexibility index (Phi) is 7.68. The molecule has 134 valence electrons. The molecule has 0 saturated heterocycles. The number of amides is 2. The lowest BCUT2D eigenvalue weighted by molar-refractivity contribution is 0.0949. The predicted octanol–water partition coefficient (Wildman–Crippen LogP) is 2.03. The number of nitrogens with zero attached hydrogens (tertiary/aromatic N) is 1. The van der Waals surface area contributed by atoms with E-state index in [1.165, 1.54) is 12.4 Å². The molecule has 2 N–H and O–H groups in total. The topological polar surface area (TPSA) is 80.2 Å². The Balaban J connectivity index is 3.16. The third-order valence-corrected chi connectivity index (χ3v) is 3.49. The zero-order chi connectivity index (χ0) is 18.3. The lowest BCUT2D eigenvalue weighted by Crippen LogP contribution is -2.36. The Morgan fingerprint density at radius 2 is 1.54 bits per heavy atom. The minimum atomic E-state index is -0.525. The molecular weight excluding hydrogens is 306 g/mol. The molecule has 24 heavy (non-hydrogen) atoms. The van der Waals surface area contributed by atoms with E-state index in [1.54, 1.807) is 11.5 Å². The molecule has 1 rings (SSSR count). The molecule has 6 nitrogen and oxygen atoms in total. The van der Waals surface area contributed by atoms with E-state index in [4.69, 9.17) is 0 Å². The van der Waals surface area contributed by atoms with Crippen molar-refractivity contribution < 1.29 is 9.59 Å². The number of hydrogen-bond acceptors (Lipinski definition) is 3. The van der Waals surface area contributed by atoms with Crippen LogP contribution in [0, 0.1) is 11.8 Å². The summed E-state index contributed by atoms with van der Waals surface area (Å²) in [4.78, 5) is 37.0. The summed E-state index contributed by atoms with van der Waals surface area (Å²) in [6.07, 6.45) is 3.90. The van der Waals surface area contributed by atoms with E-state index in [0.29, 0.717) is 31.5 Å². The molecule has 0 unspecified atom stereocenters. The molecule has 0 radical (unpaired) electrons. The van der Waals surface area contributed by atoms with E-state index in [0.717, 1.165) is 6.42 Å². The second-order valence-electron chi connectivity index (χ2n) is 6.80. The number of carbonyl (C=O) groups excluding carboxylic acids is 2. The molecule has 0 saturated carbocycles. The second-order valence-corrected chi connectivity index (χ2v) is 6.80. The van der Waals surface area contributed by atoms with Gasteiger partial charge in [0.1, 0.15) is 11.1 Å². The fraction of sp³-hybridized carbons (Fsp3) is 0.611. The highest BCUT2D eigenvalue weighted by molar-refractivity contribution is 5.99. The fourth-order valence-corrected chi connectivity index (χ4v) is 2.31. The van der Waals surface area contributed by atoms with Gasteiger partial charge in [0.2, 0.25) is 5.43 Å². The van der Waals surface area contributed by atoms with Crippen LogP contribution in [0.3, 0.4) is 0 Å². The van der Waals surface area contributed by atoms with Crippen LogP contribution in [0.2, 0.25) is 0 Å². The van der Waals surface area contributed by atoms with Crippen molar-refractivity contribution in [3.05, 3.63) is 33.7 Å². The second kappa shape index (κ2) is 9.25. The van der Waals surface area contributed by atoms with Crippen molar-refractivity contribution in [2.24, 2.45) is 11.8 Å². The standard InChI is InChI=1S/C18H29N3O3/c1-6-19-17(23)14-10-21(9-13(4)5)11-15(16(14)22)18(24)20-8-7-12(2)3/h10-13H,6-9H2,1-5H3,(H,19,23)(H,20,24). The molecule has 2 amide bonds. The number of hydrogen-bond donors (Lipinski definition) is 2. The first-order valence-corrected chi connectivity index (χ1v) is 8.56. The zero-order valence-corrected chi connectivity index (χ0v) is 15.3. The maximum atomic E-state index is 12.5. The summed E-state index contributed by atoms with van der Waals surface area (Å²) in [7, 11) is 0. The lowest BCUT2D eigenvalue weighted by atomic mass is 10.1. The van der Waals surface area contributed by atoms with Gasteiger partial charge in [0, 0.05) is 32.0 Å². The van der Waals surface area contributed by atoms with Crippen molar-refractivity contribution in [2.45, 2.75) is 47.6 Å². The molecule has 0 aliphatic carbocycles. The molecule has 0 fully saturated rings. The Labute approximate surface area is 143 Å². The monoisotopic (exact) mass is 335 g/mol. The van der Waals surface area contributed by atoms with Gasteiger partial charge in [-0.25, -0.2) is 0 Å². The summed E-state index contributed by atoms with van der Waals surface area (Å²) in [5.41, 5.74) is -0.500. The van der Waals surface area contributed by atoms with Crippen LogP contribution in [0.25, 0.3) is 0 Å². The summed E-state index contributed by atoms with van der Waals surface area (Å²) in [6.45, 7) is 11.5. The van der Waals surface area contributed by atoms with Gasteiger partial charge in [-0.2, -0.15) is 0 Å². The van der Waals surface area contributed by atoms with E-state index < -0.39 is 17.2 Å². The van der Waals surface area contributed by atoms with Crippen LogP contribution in [0.4, 0.5) is 0 Å². The van der Waals surface area contributed by atoms with Crippen molar-refractivity contribution in [2.75, 3.05) is 13.1 Å². The summed E-state index contributed by atoms with van der Waals surface area (Å²) in [5, 5.41) is 5.39. The largest absolute Gasteiger partial charge is 0.352 e. The van der Waals surface area contributed by atoms with Gasteiger partial charge in [-0.15, -0.1) is 0 Å². The van der Waals surface area contributed by atoms with Crippen LogP contribution in [0.1, 0.15) is 61.8 Å². The van der Waals surface area contributed by atoms with Crippen LogP contribution in [-0.4, -0.2) is 29.5 Å². The maximum absolute atomic E-state index is 12.5. The van der Waals surface area contributed by atoms with E-state index in [1.807, 2.05) is 13.8 Å². The lowest BCUT2D eigenvalue weighted by Gasteiger charge is -2.14. The third kappa shape index (κ3) is 5.83. The van der Waals surface area contributed by atoms with Crippen LogP contribution in [-0.2, 0) is 6.54 Å². The Morgan fingerprint density at radius 3 is 2.00 bits per heavy atom. The van der Waals surface area contributed by atoms with E-state index in [-0.39, 0.29) is 11.1 Å². The highest BCUT2D eigenvalue weighted by Gasteiger charge is 2.19. The van der Waals surface area contributed by atoms with Crippen molar-refractivity contribution in [1.29, 1.82) is 0 Å². The SMILES string of the molecule is CCNC(=O)c1cn(CC(C)C)cc(C(=O)NCCC(C)C)c1=O. The molecule has 0 aliphatic rings. The molecular formula is C18H29N3O3. The first kappa shape index (κ1) is 19.9. The van der Waals surface area contributed by atoms with Gasteiger partial charge in [-0.3, -0.25) is 14.4 Å². The summed E-state index contributed by atoms with van der Waals surface area (Å²) in [6, 6.07) is 0. The first-order chi connectivity index (χ1) is 11.3. The van der Waals surface area contributed by atoms with Gasteiger partial charge in [-0.05, 0) is 25.2 Å². The van der Waals surface area contributed by atoms with Gasteiger partial charge in [0.15, 0.2) is 0 Å². The fourth-order valence-electron chi connectivity index (χ4n) is 2.31. The Morgan fingerprint density at radius 1 is 1.00 bits per heavy atom. The summed E-state index contributed by atoms with van der Waals surface area (Å²) in [5.74, 6) is -0.0860. The smallest absolute Gasteiger partial charge is 0.256 e. The molecule has 6 heteroatoms. The summed E-state index contributed by atoms with van der Waals surface area (Å²) < 4.78 is 1.74. The average molecular weight is 335 g/mol. The number of aromatic nitrogens is 1. The normalized spacial score (nSPS) is 11.0. The van der Waals surface area contributed by atoms with Crippen LogP contribution >= 0.6 is 0 Å². The first-order valence-electron chi connectivity index (χ1n) is 8.56. The van der Waals surface area contributed by atoms with Gasteiger partial charge in [0.25, 0.3) is 11.8 Å². The quantitative estimate of drug-likeness (QED) is 0.763. The molecule has 0 atom stereocenters. The van der Waals surface area contributed by atoms with Crippen LogP contribution in [0.15, 0.2) is 17.2 Å². The third-order valence-electron chi connectivity index (χ3n) is 3.49. The van der Waals surface area contributed by atoms with Crippen LogP contribution in [0.5, 0.6) is 0 Å². The minimum absolute atomic E-state index is 0.00834. The molecule has 0 spiro atoms. The van der Waals surface area contributed by atoms with E-state index in [9.17, 15) is 14.4 Å². The molecule has 1 heterocycles. The zero-order valence-electron chi connectivity index (χ0n) is 15.3. The predicted molar refractivity (Wildman–Crippen MR) is 95.3 cm³/mol. The van der Waals surface area contributed by atoms with E-state index >= 15 is 0 Å². The van der Waals surface area contributed by atoms with Crippen molar-refractivity contribution in [1.82, 2.24) is 15.2 Å². The van der Waals surface area contributed by atoms with Crippen LogP contribution < -0.4 is 16.1 Å². The van der Waals surface area contributed by atoms with Crippen molar-refractivity contribution in [3.63, 3.8) is 0 Å². The Bertz CT molecular complexity index is 633. The summed E-state index contributed by atoms with van der Waals surface area (Å²) >= 11 is 0. The maximum Gasteiger partial charge on any atom is 0.256 e. The highest BCUT2D eigenvalue weighted by Crippen LogP contribution is 2.04. The highest BCUT2D eigenvalue weighted by atomic mass is 16.2. The van der Waals surface area contributed by atoms with Crippen molar-refractivity contribution >= 4 is 11.8 Å². The number of rotatable bonds is 8. The molecule has 0 aromatic carbocycles. The molecule has 0 bridgehead atoms. The van der Waals surface area contributed by atoms with Gasteiger partial charge in [-0.1, -0.05) is 27.7 Å². The average Bonchev–Trinajstić information content (AvgIpc) is 2.47. The molecule has 0 aliphatic heterocycles. The number of nitrogens with one attached hydrogen (secondary N) is 2. The van der Waals surface area contributed by atoms with Gasteiger partial charge in [0.05, 0.1) is 0 Å². The van der Waals surface area contributed by atoms with E-state index in [2.05, 4.69) is 24.5 Å². The minimum Gasteiger partial charge on any atom is -0.352 e. The van der Waals surface area contributed by atoms with Crippen molar-refractivity contribution in [3.8, 4) is 0 Å².